The summed E-state index contributed by atoms with van der Waals surface area (Å²) in [4.78, 5) is 25.0. The molecule has 7 heteroatoms. The van der Waals surface area contributed by atoms with Gasteiger partial charge in [0.1, 0.15) is 0 Å². The van der Waals surface area contributed by atoms with E-state index >= 15 is 0 Å². The fourth-order valence-corrected chi connectivity index (χ4v) is 2.70. The number of amides is 1. The van der Waals surface area contributed by atoms with E-state index < -0.39 is 0 Å². The van der Waals surface area contributed by atoms with Crippen LogP contribution in [0.1, 0.15) is 37.0 Å². The number of rotatable bonds is 5. The Labute approximate surface area is 141 Å². The number of carbonyl (C=O) groups excluding carboxylic acids is 1. The highest BCUT2D eigenvalue weighted by molar-refractivity contribution is 5.78. The van der Waals surface area contributed by atoms with Crippen molar-refractivity contribution >= 4 is 5.91 Å². The maximum atomic E-state index is 12.3. The molecular formula is C17H23N5O2. The molecule has 7 nitrogen and oxygen atoms in total. The molecule has 0 bridgehead atoms. The Bertz CT molecular complexity index is 663. The molecule has 24 heavy (non-hydrogen) atoms. The van der Waals surface area contributed by atoms with Gasteiger partial charge >= 0.3 is 0 Å². The van der Waals surface area contributed by atoms with Crippen LogP contribution in [0.5, 0.6) is 0 Å². The van der Waals surface area contributed by atoms with Gasteiger partial charge in [0.2, 0.25) is 11.8 Å². The van der Waals surface area contributed by atoms with Gasteiger partial charge in [-0.15, -0.1) is 0 Å². The first-order chi connectivity index (χ1) is 11.6. The highest BCUT2D eigenvalue weighted by atomic mass is 16.5. The van der Waals surface area contributed by atoms with E-state index in [2.05, 4.69) is 20.0 Å². The molecule has 1 aliphatic rings. The summed E-state index contributed by atoms with van der Waals surface area (Å²) in [5.74, 6) is 1.82. The van der Waals surface area contributed by atoms with Crippen molar-refractivity contribution in [3.63, 3.8) is 0 Å². The van der Waals surface area contributed by atoms with E-state index in [0.29, 0.717) is 18.9 Å². The van der Waals surface area contributed by atoms with Crippen LogP contribution in [0.3, 0.4) is 0 Å². The molecule has 3 heterocycles. The van der Waals surface area contributed by atoms with E-state index in [4.69, 9.17) is 4.52 Å². The lowest BCUT2D eigenvalue weighted by atomic mass is 10.2. The number of carbonyl (C=O) groups is 1. The lowest BCUT2D eigenvalue weighted by Crippen LogP contribution is -2.48. The summed E-state index contributed by atoms with van der Waals surface area (Å²) in [6.07, 6.45) is 3.88. The summed E-state index contributed by atoms with van der Waals surface area (Å²) < 4.78 is 5.29. The highest BCUT2D eigenvalue weighted by Gasteiger charge is 2.22. The Morgan fingerprint density at radius 1 is 1.29 bits per heavy atom. The first-order valence-corrected chi connectivity index (χ1v) is 8.33. The predicted molar refractivity (Wildman–Crippen MR) is 88.2 cm³/mol. The summed E-state index contributed by atoms with van der Waals surface area (Å²) in [5, 5.41) is 3.99. The van der Waals surface area contributed by atoms with Crippen LogP contribution >= 0.6 is 0 Å². The van der Waals surface area contributed by atoms with E-state index in [-0.39, 0.29) is 11.8 Å². The molecule has 0 saturated carbocycles. The van der Waals surface area contributed by atoms with Crippen molar-refractivity contribution in [1.82, 2.24) is 24.9 Å². The van der Waals surface area contributed by atoms with Crippen LogP contribution in [0.2, 0.25) is 0 Å². The van der Waals surface area contributed by atoms with E-state index in [0.717, 1.165) is 37.6 Å². The maximum absolute atomic E-state index is 12.3. The van der Waals surface area contributed by atoms with Gasteiger partial charge in [-0.3, -0.25) is 14.7 Å². The molecule has 128 valence electrons. The van der Waals surface area contributed by atoms with Crippen LogP contribution in [0.25, 0.3) is 0 Å². The summed E-state index contributed by atoms with van der Waals surface area (Å²) in [6, 6.07) is 3.79. The fraction of sp³-hybridized carbons (Fsp3) is 0.529. The summed E-state index contributed by atoms with van der Waals surface area (Å²) in [7, 11) is 0. The molecule has 0 unspecified atom stereocenters. The number of nitrogens with zero attached hydrogens (tertiary/aromatic N) is 5. The molecule has 0 atom stereocenters. The topological polar surface area (TPSA) is 75.4 Å². The predicted octanol–water partition coefficient (Wildman–Crippen LogP) is 1.47. The van der Waals surface area contributed by atoms with Crippen molar-refractivity contribution in [3.8, 4) is 0 Å². The molecule has 0 spiro atoms. The summed E-state index contributed by atoms with van der Waals surface area (Å²) in [5.41, 5.74) is 0.956. The van der Waals surface area contributed by atoms with Crippen molar-refractivity contribution in [2.45, 2.75) is 32.7 Å². The number of piperazine rings is 1. The molecule has 0 N–H and O–H groups in total. The molecular weight excluding hydrogens is 306 g/mol. The average Bonchev–Trinajstić information content (AvgIpc) is 3.05. The van der Waals surface area contributed by atoms with Crippen LogP contribution in [0.15, 0.2) is 29.0 Å². The minimum absolute atomic E-state index is 0.155. The van der Waals surface area contributed by atoms with Gasteiger partial charge in [0.25, 0.3) is 0 Å². The monoisotopic (exact) mass is 329 g/mol. The second-order valence-corrected chi connectivity index (χ2v) is 6.40. The third kappa shape index (κ3) is 4.17. The SMILES string of the molecule is CC(C)c1noc(CN2CCN(C(=O)Cc3cccnc3)CC2)n1. The van der Waals surface area contributed by atoms with E-state index in [9.17, 15) is 4.79 Å². The van der Waals surface area contributed by atoms with Gasteiger partial charge in [0.15, 0.2) is 5.82 Å². The van der Waals surface area contributed by atoms with Crippen LogP contribution in [0.4, 0.5) is 0 Å². The van der Waals surface area contributed by atoms with E-state index in [1.54, 1.807) is 12.4 Å². The van der Waals surface area contributed by atoms with Crippen molar-refractivity contribution in [2.75, 3.05) is 26.2 Å². The summed E-state index contributed by atoms with van der Waals surface area (Å²) >= 11 is 0. The van der Waals surface area contributed by atoms with Crippen molar-refractivity contribution in [1.29, 1.82) is 0 Å². The number of hydrogen-bond donors (Lipinski definition) is 0. The highest BCUT2D eigenvalue weighted by Crippen LogP contribution is 2.13. The lowest BCUT2D eigenvalue weighted by Gasteiger charge is -2.34. The maximum Gasteiger partial charge on any atom is 0.240 e. The van der Waals surface area contributed by atoms with Gasteiger partial charge in [0.05, 0.1) is 13.0 Å². The van der Waals surface area contributed by atoms with Crippen LogP contribution in [-0.4, -0.2) is 57.0 Å². The average molecular weight is 329 g/mol. The second-order valence-electron chi connectivity index (χ2n) is 6.40. The largest absolute Gasteiger partial charge is 0.340 e. The summed E-state index contributed by atoms with van der Waals surface area (Å²) in [6.45, 7) is 7.82. The van der Waals surface area contributed by atoms with Gasteiger partial charge in [-0.05, 0) is 11.6 Å². The standard InChI is InChI=1S/C17H23N5O2/c1-13(2)17-19-15(24-20-17)12-21-6-8-22(9-7-21)16(23)10-14-4-3-5-18-11-14/h3-5,11,13H,6-10,12H2,1-2H3. The molecule has 0 aromatic carbocycles. The molecule has 1 saturated heterocycles. The molecule has 3 rings (SSSR count). The Balaban J connectivity index is 1.47. The van der Waals surface area contributed by atoms with Crippen LogP contribution < -0.4 is 0 Å². The smallest absolute Gasteiger partial charge is 0.240 e. The minimum atomic E-state index is 0.155. The van der Waals surface area contributed by atoms with Crippen molar-refractivity contribution < 1.29 is 9.32 Å². The van der Waals surface area contributed by atoms with Gasteiger partial charge < -0.3 is 9.42 Å². The van der Waals surface area contributed by atoms with E-state index in [1.807, 2.05) is 30.9 Å². The third-order valence-corrected chi connectivity index (χ3v) is 4.16. The molecule has 0 radical (unpaired) electrons. The molecule has 2 aromatic rings. The number of hydrogen-bond acceptors (Lipinski definition) is 6. The van der Waals surface area contributed by atoms with Gasteiger partial charge in [-0.25, -0.2) is 0 Å². The van der Waals surface area contributed by atoms with Crippen molar-refractivity contribution in [2.24, 2.45) is 0 Å². The quantitative estimate of drug-likeness (QED) is 0.827. The zero-order chi connectivity index (χ0) is 16.9. The number of aromatic nitrogens is 3. The minimum Gasteiger partial charge on any atom is -0.340 e. The van der Waals surface area contributed by atoms with Gasteiger partial charge in [-0.2, -0.15) is 4.98 Å². The number of pyridine rings is 1. The Morgan fingerprint density at radius 2 is 2.08 bits per heavy atom. The molecule has 0 aliphatic carbocycles. The Kier molecular flexibility index (Phi) is 5.20. The van der Waals surface area contributed by atoms with Crippen molar-refractivity contribution in [3.05, 3.63) is 41.8 Å². The van der Waals surface area contributed by atoms with E-state index in [1.165, 1.54) is 0 Å². The van der Waals surface area contributed by atoms with Gasteiger partial charge in [-0.1, -0.05) is 25.1 Å². The molecule has 2 aromatic heterocycles. The van der Waals surface area contributed by atoms with Gasteiger partial charge in [0, 0.05) is 44.5 Å². The zero-order valence-electron chi connectivity index (χ0n) is 14.2. The normalized spacial score (nSPS) is 15.9. The second kappa shape index (κ2) is 7.53. The Morgan fingerprint density at radius 3 is 2.71 bits per heavy atom. The molecule has 1 fully saturated rings. The third-order valence-electron chi connectivity index (χ3n) is 4.16. The first kappa shape index (κ1) is 16.6. The zero-order valence-corrected chi connectivity index (χ0v) is 14.2. The fourth-order valence-electron chi connectivity index (χ4n) is 2.70. The lowest BCUT2D eigenvalue weighted by molar-refractivity contribution is -0.132. The Hall–Kier alpha value is -2.28. The first-order valence-electron chi connectivity index (χ1n) is 8.33. The van der Waals surface area contributed by atoms with Crippen LogP contribution in [0, 0.1) is 0 Å². The van der Waals surface area contributed by atoms with Crippen LogP contribution in [-0.2, 0) is 17.8 Å². The molecule has 1 aliphatic heterocycles. The molecule has 1 amide bonds.